The van der Waals surface area contributed by atoms with E-state index in [2.05, 4.69) is 12.2 Å². The van der Waals surface area contributed by atoms with Gasteiger partial charge in [0.25, 0.3) is 0 Å². The molecule has 0 heterocycles. The monoisotopic (exact) mass is 287 g/mol. The fraction of sp³-hybridized carbons (Fsp3) is 0.353. The minimum absolute atomic E-state index is 0.145. The summed E-state index contributed by atoms with van der Waals surface area (Å²) in [5.74, 6) is -0.806. The number of carboxylic acids is 1. The van der Waals surface area contributed by atoms with E-state index in [9.17, 15) is 15.0 Å². The van der Waals surface area contributed by atoms with E-state index in [0.717, 1.165) is 29.3 Å². The van der Waals surface area contributed by atoms with Crippen LogP contribution < -0.4 is 5.32 Å². The van der Waals surface area contributed by atoms with Gasteiger partial charge in [-0.1, -0.05) is 25.8 Å². The van der Waals surface area contributed by atoms with E-state index in [1.807, 2.05) is 6.07 Å². The molecule has 2 aromatic carbocycles. The zero-order chi connectivity index (χ0) is 15.2. The van der Waals surface area contributed by atoms with Gasteiger partial charge in [0.15, 0.2) is 0 Å². The van der Waals surface area contributed by atoms with Crippen LogP contribution in [0.25, 0.3) is 10.8 Å². The average molecular weight is 287 g/mol. The van der Waals surface area contributed by atoms with Gasteiger partial charge in [0.05, 0.1) is 5.56 Å². The van der Waals surface area contributed by atoms with Gasteiger partial charge in [-0.2, -0.15) is 0 Å². The Morgan fingerprint density at radius 2 is 2.00 bits per heavy atom. The van der Waals surface area contributed by atoms with Crippen LogP contribution in [0.5, 0.6) is 5.75 Å². The summed E-state index contributed by atoms with van der Waals surface area (Å²) in [4.78, 5) is 11.2. The summed E-state index contributed by atoms with van der Waals surface area (Å²) in [5.41, 5.74) is 1.19. The van der Waals surface area contributed by atoms with Crippen molar-refractivity contribution in [1.29, 1.82) is 0 Å². The molecule has 3 N–H and O–H groups in total. The second-order valence-corrected chi connectivity index (χ2v) is 5.23. The molecule has 0 aromatic heterocycles. The van der Waals surface area contributed by atoms with Crippen LogP contribution >= 0.6 is 0 Å². The van der Waals surface area contributed by atoms with Crippen molar-refractivity contribution < 1.29 is 15.0 Å². The minimum atomic E-state index is -0.951. The topological polar surface area (TPSA) is 69.6 Å². The van der Waals surface area contributed by atoms with Gasteiger partial charge in [0.2, 0.25) is 0 Å². The first-order chi connectivity index (χ1) is 10.1. The third-order valence-electron chi connectivity index (χ3n) is 3.54. The fourth-order valence-electron chi connectivity index (χ4n) is 2.43. The standard InChI is InChI=1S/C17H21NO3/c1-2-3-4-7-18-11-14-9-13(17(20)21)8-12-10-15(19)5-6-16(12)14/h5-6,8-10,18-19H,2-4,7,11H2,1H3,(H,20,21). The lowest BCUT2D eigenvalue weighted by atomic mass is 10.0. The first-order valence-corrected chi connectivity index (χ1v) is 7.31. The Labute approximate surface area is 124 Å². The van der Waals surface area contributed by atoms with E-state index in [1.165, 1.54) is 12.8 Å². The van der Waals surface area contributed by atoms with Crippen molar-refractivity contribution in [2.75, 3.05) is 6.54 Å². The van der Waals surface area contributed by atoms with E-state index >= 15 is 0 Å². The van der Waals surface area contributed by atoms with Gasteiger partial charge in [0, 0.05) is 6.54 Å². The molecule has 0 amide bonds. The summed E-state index contributed by atoms with van der Waals surface area (Å²) in [6.07, 6.45) is 3.49. The molecule has 0 atom stereocenters. The highest BCUT2D eigenvalue weighted by Crippen LogP contribution is 2.25. The van der Waals surface area contributed by atoms with E-state index in [0.29, 0.717) is 6.54 Å². The number of phenols is 1. The van der Waals surface area contributed by atoms with Crippen LogP contribution in [0.3, 0.4) is 0 Å². The predicted octanol–water partition coefficient (Wildman–Crippen LogP) is 3.52. The van der Waals surface area contributed by atoms with Crippen LogP contribution in [-0.4, -0.2) is 22.7 Å². The van der Waals surface area contributed by atoms with E-state index in [4.69, 9.17) is 0 Å². The van der Waals surface area contributed by atoms with Gasteiger partial charge in [0.1, 0.15) is 5.75 Å². The molecule has 0 saturated heterocycles. The molecule has 0 aliphatic rings. The smallest absolute Gasteiger partial charge is 0.335 e. The number of aromatic hydroxyl groups is 1. The molecule has 0 aliphatic heterocycles. The van der Waals surface area contributed by atoms with Gasteiger partial charge in [-0.05, 0) is 53.6 Å². The number of aromatic carboxylic acids is 1. The SMILES string of the molecule is CCCCCNCc1cc(C(=O)O)cc2cc(O)ccc12. The Hall–Kier alpha value is -2.07. The maximum atomic E-state index is 11.2. The first-order valence-electron chi connectivity index (χ1n) is 7.31. The fourth-order valence-corrected chi connectivity index (χ4v) is 2.43. The zero-order valence-electron chi connectivity index (χ0n) is 12.2. The summed E-state index contributed by atoms with van der Waals surface area (Å²) in [6.45, 7) is 3.72. The van der Waals surface area contributed by atoms with Crippen molar-refractivity contribution in [3.05, 3.63) is 41.5 Å². The molecule has 0 spiro atoms. The third-order valence-corrected chi connectivity index (χ3v) is 3.54. The largest absolute Gasteiger partial charge is 0.508 e. The Morgan fingerprint density at radius 3 is 2.71 bits per heavy atom. The zero-order valence-corrected chi connectivity index (χ0v) is 12.2. The van der Waals surface area contributed by atoms with Crippen molar-refractivity contribution in [3.63, 3.8) is 0 Å². The van der Waals surface area contributed by atoms with Crippen LogP contribution in [0.4, 0.5) is 0 Å². The van der Waals surface area contributed by atoms with Gasteiger partial charge < -0.3 is 15.5 Å². The molecule has 0 aliphatic carbocycles. The van der Waals surface area contributed by atoms with Crippen LogP contribution in [0.1, 0.15) is 42.1 Å². The first kappa shape index (κ1) is 15.3. The molecule has 0 saturated carbocycles. The van der Waals surface area contributed by atoms with Crippen molar-refractivity contribution in [2.24, 2.45) is 0 Å². The molecule has 2 rings (SSSR count). The molecule has 0 unspecified atom stereocenters. The molecule has 0 bridgehead atoms. The van der Waals surface area contributed by atoms with Gasteiger partial charge in [-0.15, -0.1) is 0 Å². The number of phenolic OH excluding ortho intramolecular Hbond substituents is 1. The molecule has 4 nitrogen and oxygen atoms in total. The second-order valence-electron chi connectivity index (χ2n) is 5.23. The van der Waals surface area contributed by atoms with Gasteiger partial charge >= 0.3 is 5.97 Å². The summed E-state index contributed by atoms with van der Waals surface area (Å²) >= 11 is 0. The van der Waals surface area contributed by atoms with Crippen LogP contribution in [0, 0.1) is 0 Å². The summed E-state index contributed by atoms with van der Waals surface area (Å²) in [6, 6.07) is 8.36. The van der Waals surface area contributed by atoms with Crippen molar-refractivity contribution in [2.45, 2.75) is 32.7 Å². The number of benzene rings is 2. The number of unbranched alkanes of at least 4 members (excludes halogenated alkanes) is 2. The van der Waals surface area contributed by atoms with Crippen molar-refractivity contribution in [3.8, 4) is 5.75 Å². The molecule has 21 heavy (non-hydrogen) atoms. The highest BCUT2D eigenvalue weighted by Gasteiger charge is 2.09. The number of hydrogen-bond acceptors (Lipinski definition) is 3. The number of carboxylic acid groups (broad SMARTS) is 1. The lowest BCUT2D eigenvalue weighted by molar-refractivity contribution is 0.0697. The van der Waals surface area contributed by atoms with Gasteiger partial charge in [-0.25, -0.2) is 4.79 Å². The Kier molecular flexibility index (Phi) is 5.17. The molecule has 112 valence electrons. The maximum absolute atomic E-state index is 11.2. The summed E-state index contributed by atoms with van der Waals surface area (Å²) in [7, 11) is 0. The number of nitrogens with one attached hydrogen (secondary N) is 1. The average Bonchev–Trinajstić information content (AvgIpc) is 2.46. The molecule has 0 fully saturated rings. The van der Waals surface area contributed by atoms with Gasteiger partial charge in [-0.3, -0.25) is 0 Å². The molecule has 4 heteroatoms. The molecular weight excluding hydrogens is 266 g/mol. The number of hydrogen-bond donors (Lipinski definition) is 3. The van der Waals surface area contributed by atoms with Crippen molar-refractivity contribution >= 4 is 16.7 Å². The number of fused-ring (bicyclic) bond motifs is 1. The normalized spacial score (nSPS) is 10.9. The Morgan fingerprint density at radius 1 is 1.19 bits per heavy atom. The highest BCUT2D eigenvalue weighted by atomic mass is 16.4. The second kappa shape index (κ2) is 7.09. The molecule has 0 radical (unpaired) electrons. The molecular formula is C17H21NO3. The van der Waals surface area contributed by atoms with Crippen LogP contribution in [-0.2, 0) is 6.54 Å². The summed E-state index contributed by atoms with van der Waals surface area (Å²) in [5, 5.41) is 23.8. The minimum Gasteiger partial charge on any atom is -0.508 e. The van der Waals surface area contributed by atoms with Crippen molar-refractivity contribution in [1.82, 2.24) is 5.32 Å². The van der Waals surface area contributed by atoms with E-state index in [1.54, 1.807) is 24.3 Å². The van der Waals surface area contributed by atoms with Crippen LogP contribution in [0.15, 0.2) is 30.3 Å². The van der Waals surface area contributed by atoms with E-state index < -0.39 is 5.97 Å². The predicted molar refractivity (Wildman–Crippen MR) is 83.8 cm³/mol. The number of rotatable bonds is 7. The summed E-state index contributed by atoms with van der Waals surface area (Å²) < 4.78 is 0. The maximum Gasteiger partial charge on any atom is 0.335 e. The molecule has 2 aromatic rings. The quantitative estimate of drug-likeness (QED) is 0.681. The lowest BCUT2D eigenvalue weighted by Crippen LogP contribution is -2.15. The third kappa shape index (κ3) is 3.95. The Bertz CT molecular complexity index is 637. The lowest BCUT2D eigenvalue weighted by Gasteiger charge is -2.10. The number of carbonyl (C=O) groups is 1. The Balaban J connectivity index is 2.25. The highest BCUT2D eigenvalue weighted by molar-refractivity contribution is 5.96. The van der Waals surface area contributed by atoms with E-state index in [-0.39, 0.29) is 11.3 Å². The van der Waals surface area contributed by atoms with Crippen LogP contribution in [0.2, 0.25) is 0 Å².